The van der Waals surface area contributed by atoms with Gasteiger partial charge in [0.05, 0.1) is 17.9 Å². The van der Waals surface area contributed by atoms with Gasteiger partial charge in [0.1, 0.15) is 0 Å². The number of aromatic nitrogens is 1. The van der Waals surface area contributed by atoms with Crippen molar-refractivity contribution >= 4 is 11.7 Å². The highest BCUT2D eigenvalue weighted by molar-refractivity contribution is 5.94. The molecule has 0 spiro atoms. The Kier molecular flexibility index (Phi) is 2.25. The Hall–Kier alpha value is -1.62. The molecule has 1 N–H and O–H groups in total. The first-order valence-corrected chi connectivity index (χ1v) is 5.55. The topological polar surface area (TPSA) is 48.5 Å². The molecule has 2 fully saturated rings. The zero-order valence-corrected chi connectivity index (χ0v) is 8.97. The second-order valence-electron chi connectivity index (χ2n) is 4.16. The average Bonchev–Trinajstić information content (AvgIpc) is 2.69. The molecular formula is C11H14N4O. The van der Waals surface area contributed by atoms with E-state index < -0.39 is 0 Å². The van der Waals surface area contributed by atoms with Gasteiger partial charge in [0.15, 0.2) is 0 Å². The van der Waals surface area contributed by atoms with Crippen LogP contribution in [0.2, 0.25) is 0 Å². The van der Waals surface area contributed by atoms with E-state index in [0.29, 0.717) is 6.04 Å². The number of pyridine rings is 1. The highest BCUT2D eigenvalue weighted by Gasteiger charge is 2.38. The highest BCUT2D eigenvalue weighted by Crippen LogP contribution is 2.23. The van der Waals surface area contributed by atoms with Gasteiger partial charge in [0, 0.05) is 32.4 Å². The zero-order chi connectivity index (χ0) is 11.0. The Labute approximate surface area is 94.1 Å². The molecule has 0 saturated carbocycles. The van der Waals surface area contributed by atoms with Crippen molar-refractivity contribution in [2.75, 3.05) is 31.1 Å². The molecule has 1 atom stereocenters. The summed E-state index contributed by atoms with van der Waals surface area (Å²) in [5.74, 6) is 0. The third-order valence-corrected chi connectivity index (χ3v) is 3.18. The predicted octanol–water partition coefficient (Wildman–Crippen LogP) is 0.295. The molecule has 2 aliphatic heterocycles. The molecule has 0 radical (unpaired) electrons. The largest absolute Gasteiger partial charge is 0.325 e. The first-order valence-electron chi connectivity index (χ1n) is 5.55. The summed E-state index contributed by atoms with van der Waals surface area (Å²) < 4.78 is 0. The van der Waals surface area contributed by atoms with Gasteiger partial charge in [-0.05, 0) is 12.1 Å². The molecule has 2 saturated heterocycles. The number of nitrogens with zero attached hydrogens (tertiary/aromatic N) is 3. The molecule has 3 heterocycles. The van der Waals surface area contributed by atoms with Gasteiger partial charge in [-0.15, -0.1) is 0 Å². The molecule has 16 heavy (non-hydrogen) atoms. The van der Waals surface area contributed by atoms with Crippen molar-refractivity contribution in [3.05, 3.63) is 24.5 Å². The monoisotopic (exact) mass is 218 g/mol. The van der Waals surface area contributed by atoms with E-state index in [-0.39, 0.29) is 6.03 Å². The van der Waals surface area contributed by atoms with E-state index in [4.69, 9.17) is 0 Å². The molecule has 0 aliphatic carbocycles. The fourth-order valence-corrected chi connectivity index (χ4v) is 2.35. The number of amides is 2. The number of carbonyl (C=O) groups excluding carboxylic acids is 1. The van der Waals surface area contributed by atoms with Crippen LogP contribution in [0.25, 0.3) is 0 Å². The van der Waals surface area contributed by atoms with Crippen molar-refractivity contribution in [3.8, 4) is 0 Å². The van der Waals surface area contributed by atoms with Crippen LogP contribution in [0.3, 0.4) is 0 Å². The quantitative estimate of drug-likeness (QED) is 0.737. The van der Waals surface area contributed by atoms with Crippen LogP contribution in [0.4, 0.5) is 10.5 Å². The summed E-state index contributed by atoms with van der Waals surface area (Å²) in [4.78, 5) is 19.9. The molecule has 3 rings (SSSR count). The number of hydrogen-bond donors (Lipinski definition) is 1. The summed E-state index contributed by atoms with van der Waals surface area (Å²) in [6.45, 7) is 3.35. The maximum atomic E-state index is 12.1. The number of hydrogen-bond acceptors (Lipinski definition) is 3. The number of carbonyl (C=O) groups is 1. The molecule has 5 heteroatoms. The lowest BCUT2D eigenvalue weighted by molar-refractivity contribution is 0.193. The number of nitrogens with one attached hydrogen (secondary N) is 1. The summed E-state index contributed by atoms with van der Waals surface area (Å²) in [6.07, 6.45) is 3.46. The Balaban J connectivity index is 1.86. The number of urea groups is 1. The van der Waals surface area contributed by atoms with Crippen LogP contribution >= 0.6 is 0 Å². The van der Waals surface area contributed by atoms with E-state index in [1.807, 2.05) is 21.9 Å². The number of rotatable bonds is 1. The predicted molar refractivity (Wildman–Crippen MR) is 60.3 cm³/mol. The molecule has 5 nitrogen and oxygen atoms in total. The van der Waals surface area contributed by atoms with Crippen LogP contribution in [0, 0.1) is 0 Å². The second-order valence-corrected chi connectivity index (χ2v) is 4.16. The molecule has 84 valence electrons. The maximum absolute atomic E-state index is 12.1. The van der Waals surface area contributed by atoms with E-state index in [1.165, 1.54) is 0 Å². The molecule has 1 unspecified atom stereocenters. The van der Waals surface area contributed by atoms with E-state index in [1.54, 1.807) is 12.4 Å². The standard InChI is InChI=1S/C11H14N4O/c16-11-14-5-4-13-7-10(14)8-15(11)9-2-1-3-12-6-9/h1-3,6,10,13H,4-5,7-8H2. The summed E-state index contributed by atoms with van der Waals surface area (Å²) in [6, 6.07) is 4.20. The first kappa shape index (κ1) is 9.59. The summed E-state index contributed by atoms with van der Waals surface area (Å²) in [5.41, 5.74) is 0.891. The van der Waals surface area contributed by atoms with Gasteiger partial charge in [0.2, 0.25) is 0 Å². The summed E-state index contributed by atoms with van der Waals surface area (Å²) >= 11 is 0. The van der Waals surface area contributed by atoms with Gasteiger partial charge in [-0.2, -0.15) is 0 Å². The van der Waals surface area contributed by atoms with Crippen LogP contribution in [0.5, 0.6) is 0 Å². The molecule has 0 aromatic carbocycles. The van der Waals surface area contributed by atoms with Crippen LogP contribution < -0.4 is 10.2 Å². The van der Waals surface area contributed by atoms with Crippen molar-refractivity contribution in [2.24, 2.45) is 0 Å². The van der Waals surface area contributed by atoms with Gasteiger partial charge in [-0.1, -0.05) is 0 Å². The van der Waals surface area contributed by atoms with E-state index in [9.17, 15) is 4.79 Å². The first-order chi connectivity index (χ1) is 7.86. The van der Waals surface area contributed by atoms with Crippen LogP contribution in [0.15, 0.2) is 24.5 Å². The van der Waals surface area contributed by atoms with Crippen molar-refractivity contribution in [3.63, 3.8) is 0 Å². The molecule has 1 aromatic rings. The lowest BCUT2D eigenvalue weighted by atomic mass is 10.2. The maximum Gasteiger partial charge on any atom is 0.325 e. The molecule has 2 aliphatic rings. The fourth-order valence-electron chi connectivity index (χ4n) is 2.35. The van der Waals surface area contributed by atoms with Crippen molar-refractivity contribution in [1.82, 2.24) is 15.2 Å². The van der Waals surface area contributed by atoms with E-state index in [0.717, 1.165) is 31.9 Å². The Bertz CT molecular complexity index is 394. The van der Waals surface area contributed by atoms with Crippen LogP contribution in [-0.4, -0.2) is 48.1 Å². The van der Waals surface area contributed by atoms with Crippen molar-refractivity contribution in [1.29, 1.82) is 0 Å². The van der Waals surface area contributed by atoms with Gasteiger partial charge < -0.3 is 10.2 Å². The van der Waals surface area contributed by atoms with Crippen molar-refractivity contribution in [2.45, 2.75) is 6.04 Å². The summed E-state index contributed by atoms with van der Waals surface area (Å²) in [7, 11) is 0. The van der Waals surface area contributed by atoms with Crippen LogP contribution in [0.1, 0.15) is 0 Å². The number of anilines is 1. The average molecular weight is 218 g/mol. The SMILES string of the molecule is O=C1N(c2cccnc2)CC2CNCCN12. The van der Waals surface area contributed by atoms with Crippen molar-refractivity contribution < 1.29 is 4.79 Å². The molecular weight excluding hydrogens is 204 g/mol. The molecule has 2 amide bonds. The van der Waals surface area contributed by atoms with Gasteiger partial charge in [-0.3, -0.25) is 9.88 Å². The van der Waals surface area contributed by atoms with Gasteiger partial charge >= 0.3 is 6.03 Å². The third kappa shape index (κ3) is 1.44. The normalized spacial score (nSPS) is 24.8. The zero-order valence-electron chi connectivity index (χ0n) is 8.97. The Morgan fingerprint density at radius 3 is 3.19 bits per heavy atom. The lowest BCUT2D eigenvalue weighted by Crippen LogP contribution is -2.49. The smallest absolute Gasteiger partial charge is 0.317 e. The number of fused-ring (bicyclic) bond motifs is 1. The lowest BCUT2D eigenvalue weighted by Gasteiger charge is -2.28. The number of piperazine rings is 1. The Morgan fingerprint density at radius 1 is 1.50 bits per heavy atom. The molecule has 0 bridgehead atoms. The summed E-state index contributed by atoms with van der Waals surface area (Å²) in [5, 5.41) is 3.31. The van der Waals surface area contributed by atoms with Gasteiger partial charge in [0.25, 0.3) is 0 Å². The van der Waals surface area contributed by atoms with E-state index in [2.05, 4.69) is 10.3 Å². The third-order valence-electron chi connectivity index (χ3n) is 3.18. The van der Waals surface area contributed by atoms with Gasteiger partial charge in [-0.25, -0.2) is 4.79 Å². The van der Waals surface area contributed by atoms with Crippen LogP contribution in [-0.2, 0) is 0 Å². The molecule has 1 aromatic heterocycles. The minimum absolute atomic E-state index is 0.111. The van der Waals surface area contributed by atoms with E-state index >= 15 is 0 Å². The Morgan fingerprint density at radius 2 is 2.44 bits per heavy atom. The minimum Gasteiger partial charge on any atom is -0.317 e. The fraction of sp³-hybridized carbons (Fsp3) is 0.455. The minimum atomic E-state index is 0.111. The second kappa shape index (κ2) is 3.75. The highest BCUT2D eigenvalue weighted by atomic mass is 16.2.